The van der Waals surface area contributed by atoms with Gasteiger partial charge in [-0.3, -0.25) is 20.2 Å². The van der Waals surface area contributed by atoms with Gasteiger partial charge in [0.15, 0.2) is 5.69 Å². The normalized spacial score (nSPS) is 16.4. The molecule has 1 heterocycles. The Morgan fingerprint density at radius 2 is 1.56 bits per heavy atom. The molecule has 1 aromatic rings. The molecule has 1 N–H and O–H groups in total. The first-order chi connectivity index (χ1) is 12.3. The van der Waals surface area contributed by atoms with Crippen molar-refractivity contribution < 1.29 is 31.4 Å². The van der Waals surface area contributed by atoms with Gasteiger partial charge in [0.2, 0.25) is 10.0 Å². The predicted molar refractivity (Wildman–Crippen MR) is 88.0 cm³/mol. The number of nitro benzene ring substituents is 2. The van der Waals surface area contributed by atoms with E-state index in [-0.39, 0.29) is 38.1 Å². The molecular formula is C13H15F3N4O6S. The third-order valence-electron chi connectivity index (χ3n) is 3.98. The maximum Gasteiger partial charge on any atom is 0.416 e. The van der Waals surface area contributed by atoms with Crippen molar-refractivity contribution in [3.8, 4) is 0 Å². The zero-order chi connectivity index (χ0) is 20.6. The number of nitrogens with zero attached hydrogens (tertiary/aromatic N) is 3. The largest absolute Gasteiger partial charge is 0.416 e. The molecule has 0 amide bonds. The van der Waals surface area contributed by atoms with Crippen molar-refractivity contribution in [3.63, 3.8) is 0 Å². The highest BCUT2D eigenvalue weighted by molar-refractivity contribution is 7.88. The lowest BCUT2D eigenvalue weighted by Gasteiger charge is -2.33. The zero-order valence-electron chi connectivity index (χ0n) is 13.9. The van der Waals surface area contributed by atoms with E-state index in [2.05, 4.69) is 4.72 Å². The molecular weight excluding hydrogens is 397 g/mol. The van der Waals surface area contributed by atoms with E-state index in [9.17, 15) is 41.8 Å². The molecule has 1 aliphatic heterocycles. The second-order valence-electron chi connectivity index (χ2n) is 6.03. The molecule has 0 radical (unpaired) electrons. The fourth-order valence-electron chi connectivity index (χ4n) is 2.89. The van der Waals surface area contributed by atoms with Gasteiger partial charge in [-0.1, -0.05) is 0 Å². The highest BCUT2D eigenvalue weighted by Gasteiger charge is 2.40. The second kappa shape index (κ2) is 7.26. The van der Waals surface area contributed by atoms with Crippen LogP contribution in [-0.4, -0.2) is 43.7 Å². The third kappa shape index (κ3) is 5.03. The van der Waals surface area contributed by atoms with Crippen LogP contribution in [0, 0.1) is 20.2 Å². The summed E-state index contributed by atoms with van der Waals surface area (Å²) in [4.78, 5) is 21.6. The van der Waals surface area contributed by atoms with E-state index >= 15 is 0 Å². The molecule has 0 atom stereocenters. The highest BCUT2D eigenvalue weighted by Crippen LogP contribution is 2.43. The topological polar surface area (TPSA) is 136 Å². The average molecular weight is 412 g/mol. The lowest BCUT2D eigenvalue weighted by Crippen LogP contribution is -2.44. The molecule has 1 aromatic carbocycles. The Bertz CT molecular complexity index is 830. The van der Waals surface area contributed by atoms with Gasteiger partial charge in [0.1, 0.15) is 0 Å². The van der Waals surface area contributed by atoms with Crippen LogP contribution >= 0.6 is 0 Å². The highest BCUT2D eigenvalue weighted by atomic mass is 32.2. The van der Waals surface area contributed by atoms with Crippen LogP contribution in [0.4, 0.5) is 30.2 Å². The number of rotatable bonds is 5. The van der Waals surface area contributed by atoms with Gasteiger partial charge in [0.25, 0.3) is 11.4 Å². The number of sulfonamides is 1. The first-order valence-electron chi connectivity index (χ1n) is 7.56. The second-order valence-corrected chi connectivity index (χ2v) is 7.81. The summed E-state index contributed by atoms with van der Waals surface area (Å²) in [6.07, 6.45) is -3.66. The average Bonchev–Trinajstić information content (AvgIpc) is 2.51. The van der Waals surface area contributed by atoms with Gasteiger partial charge >= 0.3 is 6.18 Å². The van der Waals surface area contributed by atoms with E-state index in [0.29, 0.717) is 0 Å². The van der Waals surface area contributed by atoms with Crippen molar-refractivity contribution in [2.45, 2.75) is 25.1 Å². The Labute approximate surface area is 151 Å². The monoisotopic (exact) mass is 412 g/mol. The minimum absolute atomic E-state index is 0.000229. The van der Waals surface area contributed by atoms with Crippen molar-refractivity contribution in [2.24, 2.45) is 0 Å². The van der Waals surface area contributed by atoms with E-state index in [4.69, 9.17) is 0 Å². The van der Waals surface area contributed by atoms with Crippen LogP contribution in [0.25, 0.3) is 0 Å². The fraction of sp³-hybridized carbons (Fsp3) is 0.538. The van der Waals surface area contributed by atoms with Gasteiger partial charge < -0.3 is 4.90 Å². The number of nitro groups is 2. The Hall–Kier alpha value is -2.48. The number of nitrogens with one attached hydrogen (secondary N) is 1. The van der Waals surface area contributed by atoms with Crippen molar-refractivity contribution in [3.05, 3.63) is 37.9 Å². The number of anilines is 1. The minimum atomic E-state index is -4.99. The van der Waals surface area contributed by atoms with Crippen molar-refractivity contribution in [1.82, 2.24) is 4.72 Å². The zero-order valence-corrected chi connectivity index (χ0v) is 14.7. The molecule has 10 nitrogen and oxygen atoms in total. The molecule has 150 valence electrons. The summed E-state index contributed by atoms with van der Waals surface area (Å²) in [6, 6.07) is 0.0654. The van der Waals surface area contributed by atoms with Crippen molar-refractivity contribution in [2.75, 3.05) is 24.2 Å². The first-order valence-corrected chi connectivity index (χ1v) is 9.45. The number of hydrogen-bond donors (Lipinski definition) is 1. The van der Waals surface area contributed by atoms with Gasteiger partial charge in [0, 0.05) is 31.3 Å². The fourth-order valence-corrected chi connectivity index (χ4v) is 3.74. The molecule has 0 saturated carbocycles. The van der Waals surface area contributed by atoms with Crippen LogP contribution in [0.15, 0.2) is 12.1 Å². The molecule has 0 spiro atoms. The lowest BCUT2D eigenvalue weighted by atomic mass is 10.0. The summed E-state index contributed by atoms with van der Waals surface area (Å²) < 4.78 is 63.7. The first kappa shape index (κ1) is 20.8. The van der Waals surface area contributed by atoms with Gasteiger partial charge in [-0.15, -0.1) is 0 Å². The van der Waals surface area contributed by atoms with Crippen LogP contribution in [0.1, 0.15) is 18.4 Å². The van der Waals surface area contributed by atoms with E-state index in [0.717, 1.165) is 6.26 Å². The molecule has 2 rings (SSSR count). The molecule has 1 aliphatic rings. The Morgan fingerprint density at radius 3 is 1.89 bits per heavy atom. The van der Waals surface area contributed by atoms with Crippen LogP contribution in [0.3, 0.4) is 0 Å². The van der Waals surface area contributed by atoms with Crippen LogP contribution in [0.2, 0.25) is 0 Å². The number of hydrogen-bond acceptors (Lipinski definition) is 7. The van der Waals surface area contributed by atoms with Gasteiger partial charge in [-0.05, 0) is 12.8 Å². The number of piperidine rings is 1. The molecule has 0 aliphatic carbocycles. The van der Waals surface area contributed by atoms with E-state index < -0.39 is 54.7 Å². The Kier molecular flexibility index (Phi) is 5.60. The van der Waals surface area contributed by atoms with Crippen LogP contribution in [-0.2, 0) is 16.2 Å². The number of halogens is 3. The van der Waals surface area contributed by atoms with Gasteiger partial charge in [-0.25, -0.2) is 13.1 Å². The molecule has 1 fully saturated rings. The number of benzene rings is 1. The van der Waals surface area contributed by atoms with Gasteiger partial charge in [-0.2, -0.15) is 13.2 Å². The van der Waals surface area contributed by atoms with E-state index in [1.807, 2.05) is 0 Å². The Morgan fingerprint density at radius 1 is 1.11 bits per heavy atom. The third-order valence-corrected chi connectivity index (χ3v) is 4.74. The minimum Gasteiger partial charge on any atom is -0.360 e. The van der Waals surface area contributed by atoms with E-state index in [1.54, 1.807) is 0 Å². The molecule has 0 bridgehead atoms. The molecule has 27 heavy (non-hydrogen) atoms. The smallest absolute Gasteiger partial charge is 0.360 e. The molecule has 0 unspecified atom stereocenters. The number of alkyl halides is 3. The SMILES string of the molecule is CS(=O)(=O)NC1CCN(c2c([N+](=O)[O-])cc(C(F)(F)F)cc2[N+](=O)[O-])CC1. The molecule has 0 aromatic heterocycles. The van der Waals surface area contributed by atoms with Crippen molar-refractivity contribution in [1.29, 1.82) is 0 Å². The lowest BCUT2D eigenvalue weighted by molar-refractivity contribution is -0.393. The molecule has 14 heteroatoms. The summed E-state index contributed by atoms with van der Waals surface area (Å²) >= 11 is 0. The predicted octanol–water partition coefficient (Wildman–Crippen LogP) is 2.04. The van der Waals surface area contributed by atoms with Crippen molar-refractivity contribution >= 4 is 27.1 Å². The Balaban J connectivity index is 2.44. The van der Waals surface area contributed by atoms with Crippen LogP contribution < -0.4 is 9.62 Å². The standard InChI is InChI=1S/C13H15F3N4O6S/c1-27(25,26)17-9-2-4-18(5-3-9)12-10(19(21)22)6-8(13(14,15)16)7-11(12)20(23)24/h6-7,9,17H,2-5H2,1H3. The summed E-state index contributed by atoms with van der Waals surface area (Å²) in [7, 11) is -3.48. The summed E-state index contributed by atoms with van der Waals surface area (Å²) in [6.45, 7) is 0.000459. The maximum absolute atomic E-state index is 12.9. The molecule has 1 saturated heterocycles. The van der Waals surface area contributed by atoms with Crippen LogP contribution in [0.5, 0.6) is 0 Å². The summed E-state index contributed by atoms with van der Waals surface area (Å²) in [5.74, 6) is 0. The summed E-state index contributed by atoms with van der Waals surface area (Å²) in [5, 5.41) is 22.5. The van der Waals surface area contributed by atoms with Gasteiger partial charge in [0.05, 0.1) is 21.7 Å². The summed E-state index contributed by atoms with van der Waals surface area (Å²) in [5.41, 5.74) is -4.05. The maximum atomic E-state index is 12.9. The quantitative estimate of drug-likeness (QED) is 0.577. The van der Waals surface area contributed by atoms with E-state index in [1.165, 1.54) is 4.90 Å².